The van der Waals surface area contributed by atoms with Crippen molar-refractivity contribution in [2.75, 3.05) is 50.7 Å². The summed E-state index contributed by atoms with van der Waals surface area (Å²) in [5.74, 6) is -0.718. The molecule has 31 heavy (non-hydrogen) atoms. The van der Waals surface area contributed by atoms with Gasteiger partial charge < -0.3 is 20.1 Å². The molecule has 2 rings (SSSR count). The lowest BCUT2D eigenvalue weighted by Gasteiger charge is -2.28. The van der Waals surface area contributed by atoms with Gasteiger partial charge in [0.25, 0.3) is 0 Å². The molecule has 1 aliphatic rings. The van der Waals surface area contributed by atoms with Crippen LogP contribution in [-0.4, -0.2) is 73.9 Å². The van der Waals surface area contributed by atoms with Crippen LogP contribution in [0.5, 0.6) is 0 Å². The van der Waals surface area contributed by atoms with E-state index in [1.165, 1.54) is 4.90 Å². The molecule has 1 heterocycles. The van der Waals surface area contributed by atoms with Crippen LogP contribution in [0.4, 0.5) is 5.69 Å². The predicted molar refractivity (Wildman–Crippen MR) is 115 cm³/mol. The van der Waals surface area contributed by atoms with Gasteiger partial charge in [-0.1, -0.05) is 12.1 Å². The highest BCUT2D eigenvalue weighted by Gasteiger charge is 2.29. The Morgan fingerprint density at radius 3 is 2.29 bits per heavy atom. The van der Waals surface area contributed by atoms with Crippen LogP contribution in [0.2, 0.25) is 0 Å². The zero-order valence-electron chi connectivity index (χ0n) is 17.4. The van der Waals surface area contributed by atoms with Gasteiger partial charge in [0.15, 0.2) is 0 Å². The van der Waals surface area contributed by atoms with E-state index in [1.54, 1.807) is 12.1 Å². The lowest BCUT2D eigenvalue weighted by molar-refractivity contribution is -0.152. The van der Waals surface area contributed by atoms with Crippen molar-refractivity contribution in [2.45, 2.75) is 25.7 Å². The summed E-state index contributed by atoms with van der Waals surface area (Å²) in [5.41, 5.74) is 1.63. The molecule has 0 atom stereocenters. The molecule has 4 amide bonds. The number of anilines is 1. The van der Waals surface area contributed by atoms with E-state index in [4.69, 9.17) is 21.1 Å². The number of amides is 4. The minimum Gasteiger partial charge on any atom is -0.379 e. The van der Waals surface area contributed by atoms with Crippen molar-refractivity contribution in [3.8, 4) is 0 Å². The summed E-state index contributed by atoms with van der Waals surface area (Å²) in [6, 6.07) is 7.27. The zero-order valence-corrected chi connectivity index (χ0v) is 18.1. The van der Waals surface area contributed by atoms with E-state index in [1.807, 2.05) is 12.1 Å². The maximum atomic E-state index is 12.0. The number of nitrogens with one attached hydrogen (secondary N) is 2. The van der Waals surface area contributed by atoms with Gasteiger partial charge in [-0.05, 0) is 24.1 Å². The summed E-state index contributed by atoms with van der Waals surface area (Å²) in [6.45, 7) is 2.28. The number of β-lactam (4-membered cyclic amide) rings is 1. The van der Waals surface area contributed by atoms with Crippen molar-refractivity contribution in [3.63, 3.8) is 0 Å². The number of nitrogens with zero attached hydrogens (tertiary/aromatic N) is 1. The first-order valence-electron chi connectivity index (χ1n) is 10.2. The van der Waals surface area contributed by atoms with Crippen LogP contribution in [0, 0.1) is 0 Å². The molecule has 1 aliphatic heterocycles. The molecule has 1 fully saturated rings. The number of alkyl halides is 1. The Bertz CT molecular complexity index is 756. The highest BCUT2D eigenvalue weighted by Crippen LogP contribution is 2.14. The number of ether oxygens (including phenoxy) is 2. The first kappa shape index (κ1) is 24.8. The summed E-state index contributed by atoms with van der Waals surface area (Å²) in [6.07, 6.45) is 1.51. The van der Waals surface area contributed by atoms with E-state index >= 15 is 0 Å². The number of imide groups is 1. The minimum absolute atomic E-state index is 0.0711. The van der Waals surface area contributed by atoms with Gasteiger partial charge in [0.2, 0.25) is 23.6 Å². The van der Waals surface area contributed by atoms with Crippen molar-refractivity contribution < 1.29 is 28.7 Å². The fourth-order valence-corrected chi connectivity index (χ4v) is 2.83. The Hall–Kier alpha value is -2.49. The molecule has 170 valence electrons. The van der Waals surface area contributed by atoms with Crippen LogP contribution in [0.25, 0.3) is 0 Å². The third-order valence-electron chi connectivity index (χ3n) is 4.55. The zero-order chi connectivity index (χ0) is 22.5. The Labute approximate surface area is 186 Å². The van der Waals surface area contributed by atoms with E-state index in [0.717, 1.165) is 5.56 Å². The maximum absolute atomic E-state index is 12.0. The third kappa shape index (κ3) is 9.46. The Morgan fingerprint density at radius 2 is 1.68 bits per heavy atom. The van der Waals surface area contributed by atoms with Gasteiger partial charge >= 0.3 is 0 Å². The number of hydrogen-bond donors (Lipinski definition) is 2. The molecule has 10 heteroatoms. The predicted octanol–water partition coefficient (Wildman–Crippen LogP) is 1.09. The highest BCUT2D eigenvalue weighted by molar-refractivity contribution is 6.27. The minimum atomic E-state index is -0.239. The van der Waals surface area contributed by atoms with Crippen molar-refractivity contribution in [3.05, 3.63) is 29.8 Å². The number of halogens is 1. The second-order valence-electron chi connectivity index (χ2n) is 6.89. The number of benzene rings is 1. The van der Waals surface area contributed by atoms with Crippen LogP contribution in [0.1, 0.15) is 24.8 Å². The topological polar surface area (TPSA) is 114 Å². The molecular formula is C21H28ClN3O6. The molecule has 2 N–H and O–H groups in total. The summed E-state index contributed by atoms with van der Waals surface area (Å²) < 4.78 is 10.6. The highest BCUT2D eigenvalue weighted by atomic mass is 35.5. The van der Waals surface area contributed by atoms with Gasteiger partial charge in [0.1, 0.15) is 5.88 Å². The van der Waals surface area contributed by atoms with Crippen LogP contribution in [0.3, 0.4) is 0 Å². The van der Waals surface area contributed by atoms with Gasteiger partial charge in [-0.15, -0.1) is 11.6 Å². The number of likely N-dealkylation sites (tertiary alicyclic amines) is 1. The van der Waals surface area contributed by atoms with Crippen LogP contribution >= 0.6 is 11.6 Å². The van der Waals surface area contributed by atoms with Gasteiger partial charge in [-0.3, -0.25) is 24.1 Å². The Balaban J connectivity index is 1.51. The van der Waals surface area contributed by atoms with Gasteiger partial charge in [0, 0.05) is 31.6 Å². The molecule has 0 aromatic heterocycles. The first-order valence-corrected chi connectivity index (χ1v) is 10.7. The van der Waals surface area contributed by atoms with E-state index in [0.29, 0.717) is 57.9 Å². The second kappa shape index (κ2) is 13.7. The van der Waals surface area contributed by atoms with Gasteiger partial charge in [0.05, 0.1) is 32.8 Å². The summed E-state index contributed by atoms with van der Waals surface area (Å²) >= 11 is 5.35. The Morgan fingerprint density at radius 1 is 0.968 bits per heavy atom. The summed E-state index contributed by atoms with van der Waals surface area (Å²) in [5, 5.41) is 5.37. The standard InChI is InChI=1S/C21H28ClN3O6/c22-15-19(27)23-9-12-31-14-13-30-11-8-18(26)24-17-4-1-16(2-5-17)3-6-20(28)25-10-7-21(25)29/h1-2,4-5H,3,6-15H2,(H,23,27)(H,24,26). The third-order valence-corrected chi connectivity index (χ3v) is 4.79. The smallest absolute Gasteiger partial charge is 0.235 e. The first-order chi connectivity index (χ1) is 15.0. The van der Waals surface area contributed by atoms with Crippen LogP contribution in [-0.2, 0) is 35.1 Å². The second-order valence-corrected chi connectivity index (χ2v) is 7.16. The number of carbonyl (C=O) groups is 4. The number of hydrogen-bond acceptors (Lipinski definition) is 6. The number of aryl methyl sites for hydroxylation is 1. The average molecular weight is 454 g/mol. The number of carbonyl (C=O) groups excluding carboxylic acids is 4. The van der Waals surface area contributed by atoms with E-state index in [-0.39, 0.29) is 42.5 Å². The van der Waals surface area contributed by atoms with Crippen molar-refractivity contribution >= 4 is 40.9 Å². The average Bonchev–Trinajstić information content (AvgIpc) is 2.76. The number of rotatable bonds is 14. The van der Waals surface area contributed by atoms with E-state index in [9.17, 15) is 19.2 Å². The normalized spacial score (nSPS) is 12.9. The summed E-state index contributed by atoms with van der Waals surface area (Å²) in [7, 11) is 0. The molecule has 0 spiro atoms. The fourth-order valence-electron chi connectivity index (χ4n) is 2.74. The molecule has 0 radical (unpaired) electrons. The van der Waals surface area contributed by atoms with Crippen molar-refractivity contribution in [1.82, 2.24) is 10.2 Å². The summed E-state index contributed by atoms with van der Waals surface area (Å²) in [4.78, 5) is 47.3. The maximum Gasteiger partial charge on any atom is 0.235 e. The Kier molecular flexibility index (Phi) is 11.0. The molecule has 1 aromatic rings. The molecular weight excluding hydrogens is 426 g/mol. The van der Waals surface area contributed by atoms with Crippen LogP contribution in [0.15, 0.2) is 24.3 Å². The lowest BCUT2D eigenvalue weighted by atomic mass is 10.1. The lowest BCUT2D eigenvalue weighted by Crippen LogP contribution is -2.47. The van der Waals surface area contributed by atoms with Gasteiger partial charge in [-0.2, -0.15) is 0 Å². The molecule has 0 bridgehead atoms. The SMILES string of the molecule is O=C(CCl)NCCOCCOCCC(=O)Nc1ccc(CCC(=O)N2CCC2=O)cc1. The largest absolute Gasteiger partial charge is 0.379 e. The van der Waals surface area contributed by atoms with E-state index in [2.05, 4.69) is 10.6 Å². The molecule has 1 aromatic carbocycles. The monoisotopic (exact) mass is 453 g/mol. The fraction of sp³-hybridized carbons (Fsp3) is 0.524. The molecule has 0 aliphatic carbocycles. The van der Waals surface area contributed by atoms with Gasteiger partial charge in [-0.25, -0.2) is 0 Å². The van der Waals surface area contributed by atoms with Crippen molar-refractivity contribution in [2.24, 2.45) is 0 Å². The molecule has 0 unspecified atom stereocenters. The molecule has 0 saturated carbocycles. The van der Waals surface area contributed by atoms with Crippen LogP contribution < -0.4 is 10.6 Å². The van der Waals surface area contributed by atoms with Crippen molar-refractivity contribution in [1.29, 1.82) is 0 Å². The molecule has 1 saturated heterocycles. The quantitative estimate of drug-likeness (QED) is 0.247. The molecule has 9 nitrogen and oxygen atoms in total. The van der Waals surface area contributed by atoms with E-state index < -0.39 is 0 Å².